The molecule has 0 aliphatic rings. The summed E-state index contributed by atoms with van der Waals surface area (Å²) < 4.78 is 9.13. The maximum absolute atomic E-state index is 10.9. The van der Waals surface area contributed by atoms with E-state index in [0.29, 0.717) is 13.1 Å². The summed E-state index contributed by atoms with van der Waals surface area (Å²) in [5.41, 5.74) is 1.20. The Hall–Kier alpha value is -0.820. The fourth-order valence-electron chi connectivity index (χ4n) is 1.26. The monoisotopic (exact) mass is 272 g/mol. The molecule has 0 bridgehead atoms. The van der Waals surface area contributed by atoms with Crippen molar-refractivity contribution in [1.29, 1.82) is 0 Å². The van der Waals surface area contributed by atoms with E-state index in [9.17, 15) is 4.79 Å². The van der Waals surface area contributed by atoms with Crippen LogP contribution in [0, 0.1) is 0 Å². The van der Waals surface area contributed by atoms with Crippen LogP contribution >= 0.6 is 23.4 Å². The number of carbonyl (C=O) groups excluding carboxylic acids is 1. The van der Waals surface area contributed by atoms with Gasteiger partial charge in [-0.3, -0.25) is 4.79 Å². The molecule has 0 aliphatic heterocycles. The van der Waals surface area contributed by atoms with Crippen LogP contribution < -0.4 is 10.6 Å². The van der Waals surface area contributed by atoms with Gasteiger partial charge in [0, 0.05) is 31.6 Å². The van der Waals surface area contributed by atoms with Gasteiger partial charge in [0.2, 0.25) is 5.91 Å². The van der Waals surface area contributed by atoms with Gasteiger partial charge in [0.25, 0.3) is 0 Å². The second-order valence-corrected chi connectivity index (χ2v) is 4.94. The minimum absolute atomic E-state index is 0.0507. The van der Waals surface area contributed by atoms with Crippen LogP contribution in [0.15, 0.2) is 29.5 Å². The Morgan fingerprint density at radius 1 is 1.65 bits per heavy atom. The molecule has 1 amide bonds. The van der Waals surface area contributed by atoms with E-state index >= 15 is 0 Å². The van der Waals surface area contributed by atoms with Crippen molar-refractivity contribution in [3.8, 4) is 0 Å². The number of hydrogen-bond donors (Lipinski definition) is 3. The van der Waals surface area contributed by atoms with Crippen LogP contribution in [-0.2, 0) is 11.2 Å². The molecule has 0 fully saturated rings. The van der Waals surface area contributed by atoms with Crippen LogP contribution in [0.5, 0.6) is 0 Å². The Labute approximate surface area is 109 Å². The summed E-state index contributed by atoms with van der Waals surface area (Å²) in [5.74, 6) is -0.183. The van der Waals surface area contributed by atoms with Crippen molar-refractivity contribution in [3.63, 3.8) is 0 Å². The molecule has 0 radical (unpaired) electrons. The van der Waals surface area contributed by atoms with E-state index in [1.807, 2.05) is 11.4 Å². The SMILES string of the molecule is C=CC(=O)NCCN[C@@H](Cc1ccsc1)SO. The molecule has 0 spiro atoms. The first-order valence-electron chi connectivity index (χ1n) is 5.21. The molecule has 17 heavy (non-hydrogen) atoms. The first-order chi connectivity index (χ1) is 8.26. The molecule has 4 nitrogen and oxygen atoms in total. The van der Waals surface area contributed by atoms with Gasteiger partial charge in [-0.05, 0) is 28.5 Å². The summed E-state index contributed by atoms with van der Waals surface area (Å²) in [6.45, 7) is 4.50. The normalized spacial score (nSPS) is 12.1. The van der Waals surface area contributed by atoms with Crippen molar-refractivity contribution in [3.05, 3.63) is 35.0 Å². The zero-order valence-corrected chi connectivity index (χ0v) is 11.0. The van der Waals surface area contributed by atoms with Gasteiger partial charge in [0.05, 0.1) is 5.37 Å². The van der Waals surface area contributed by atoms with Crippen molar-refractivity contribution in [2.24, 2.45) is 0 Å². The number of carbonyl (C=O) groups is 1. The van der Waals surface area contributed by atoms with E-state index in [4.69, 9.17) is 4.55 Å². The van der Waals surface area contributed by atoms with Crippen LogP contribution in [0.1, 0.15) is 5.56 Å². The second kappa shape index (κ2) is 8.30. The van der Waals surface area contributed by atoms with E-state index in [-0.39, 0.29) is 11.3 Å². The first kappa shape index (κ1) is 14.2. The smallest absolute Gasteiger partial charge is 0.243 e. The summed E-state index contributed by atoms with van der Waals surface area (Å²) in [6.07, 6.45) is 2.00. The fraction of sp³-hybridized carbons (Fsp3) is 0.364. The zero-order valence-electron chi connectivity index (χ0n) is 9.39. The second-order valence-electron chi connectivity index (χ2n) is 3.38. The highest BCUT2D eigenvalue weighted by molar-refractivity contribution is 7.94. The molecule has 1 aromatic heterocycles. The summed E-state index contributed by atoms with van der Waals surface area (Å²) >= 11 is 2.43. The highest BCUT2D eigenvalue weighted by Crippen LogP contribution is 2.13. The summed E-state index contributed by atoms with van der Waals surface area (Å²) in [4.78, 5) is 10.9. The standard InChI is InChI=1S/C11H16N2O2S2/c1-2-10(14)12-4-5-13-11(17-15)7-9-3-6-16-8-9/h2-3,6,8,11,13,15H,1,4-5,7H2,(H,12,14)/t11-/m1/s1. The molecule has 0 aromatic carbocycles. The van der Waals surface area contributed by atoms with Crippen LogP contribution in [-0.4, -0.2) is 28.9 Å². The van der Waals surface area contributed by atoms with Crippen molar-refractivity contribution >= 4 is 29.3 Å². The average molecular weight is 272 g/mol. The third-order valence-corrected chi connectivity index (χ3v) is 3.43. The van der Waals surface area contributed by atoms with Crippen molar-refractivity contribution in [2.75, 3.05) is 13.1 Å². The number of hydrogen-bond acceptors (Lipinski definition) is 5. The lowest BCUT2D eigenvalue weighted by atomic mass is 10.2. The van der Waals surface area contributed by atoms with Gasteiger partial charge in [-0.15, -0.1) is 0 Å². The number of rotatable bonds is 8. The molecule has 1 heterocycles. The molecule has 0 saturated carbocycles. The minimum Gasteiger partial charge on any atom is -0.351 e. The van der Waals surface area contributed by atoms with Crippen LogP contribution in [0.4, 0.5) is 0 Å². The summed E-state index contributed by atoms with van der Waals surface area (Å²) in [6, 6.07) is 2.04. The van der Waals surface area contributed by atoms with Crippen LogP contribution in [0.2, 0.25) is 0 Å². The maximum Gasteiger partial charge on any atom is 0.243 e. The lowest BCUT2D eigenvalue weighted by Gasteiger charge is -2.14. The Bertz CT molecular complexity index is 341. The van der Waals surface area contributed by atoms with Gasteiger partial charge >= 0.3 is 0 Å². The number of nitrogens with one attached hydrogen (secondary N) is 2. The van der Waals surface area contributed by atoms with Gasteiger partial charge < -0.3 is 15.2 Å². The highest BCUT2D eigenvalue weighted by atomic mass is 32.2. The lowest BCUT2D eigenvalue weighted by Crippen LogP contribution is -2.36. The molecule has 94 valence electrons. The quantitative estimate of drug-likeness (QED) is 0.292. The molecule has 0 unspecified atom stereocenters. The largest absolute Gasteiger partial charge is 0.351 e. The predicted molar refractivity (Wildman–Crippen MR) is 73.2 cm³/mol. The Morgan fingerprint density at radius 2 is 2.47 bits per heavy atom. The summed E-state index contributed by atoms with van der Waals surface area (Å²) in [5, 5.41) is 9.84. The van der Waals surface area contributed by atoms with Crippen molar-refractivity contribution in [2.45, 2.75) is 11.8 Å². The average Bonchev–Trinajstić information content (AvgIpc) is 2.85. The van der Waals surface area contributed by atoms with Gasteiger partial charge in [0.1, 0.15) is 0 Å². The minimum atomic E-state index is -0.183. The Kier molecular flexibility index (Phi) is 6.95. The topological polar surface area (TPSA) is 61.4 Å². The van der Waals surface area contributed by atoms with Crippen LogP contribution in [0.25, 0.3) is 0 Å². The molecule has 1 rings (SSSR count). The molecular weight excluding hydrogens is 256 g/mol. The van der Waals surface area contributed by atoms with Crippen molar-refractivity contribution in [1.82, 2.24) is 10.6 Å². The van der Waals surface area contributed by atoms with E-state index in [2.05, 4.69) is 22.6 Å². The lowest BCUT2D eigenvalue weighted by molar-refractivity contribution is -0.116. The third kappa shape index (κ3) is 5.88. The Balaban J connectivity index is 2.19. The Morgan fingerprint density at radius 3 is 3.06 bits per heavy atom. The molecule has 6 heteroatoms. The van der Waals surface area contributed by atoms with Gasteiger partial charge in [-0.25, -0.2) is 0 Å². The molecular formula is C11H16N2O2S2. The third-order valence-electron chi connectivity index (χ3n) is 2.11. The van der Waals surface area contributed by atoms with Crippen LogP contribution in [0.3, 0.4) is 0 Å². The molecule has 0 saturated heterocycles. The zero-order chi connectivity index (χ0) is 12.5. The molecule has 1 aromatic rings. The van der Waals surface area contributed by atoms with Crippen molar-refractivity contribution < 1.29 is 9.35 Å². The first-order valence-corrected chi connectivity index (χ1v) is 6.99. The van der Waals surface area contributed by atoms with E-state index < -0.39 is 0 Å². The highest BCUT2D eigenvalue weighted by Gasteiger charge is 2.08. The molecule has 0 aliphatic carbocycles. The van der Waals surface area contributed by atoms with Gasteiger partial charge in [-0.2, -0.15) is 11.3 Å². The number of amides is 1. The fourth-order valence-corrected chi connectivity index (χ4v) is 2.40. The predicted octanol–water partition coefficient (Wildman–Crippen LogP) is 1.71. The molecule has 1 atom stereocenters. The van der Waals surface area contributed by atoms with E-state index in [1.54, 1.807) is 11.3 Å². The molecule has 3 N–H and O–H groups in total. The van der Waals surface area contributed by atoms with Gasteiger partial charge in [-0.1, -0.05) is 6.58 Å². The van der Waals surface area contributed by atoms with Gasteiger partial charge in [0.15, 0.2) is 0 Å². The maximum atomic E-state index is 10.9. The summed E-state index contributed by atoms with van der Waals surface area (Å²) in [7, 11) is 0. The number of thiophene rings is 1. The van der Waals surface area contributed by atoms with E-state index in [1.165, 1.54) is 11.6 Å². The van der Waals surface area contributed by atoms with E-state index in [0.717, 1.165) is 18.5 Å².